The number of aromatic nitrogens is 2. The van der Waals surface area contributed by atoms with Crippen LogP contribution in [0.5, 0.6) is 0 Å². The Balaban J connectivity index is 2.73. The summed E-state index contributed by atoms with van der Waals surface area (Å²) >= 11 is 0. The average molecular weight is 161 g/mol. The molecule has 0 saturated carbocycles. The third-order valence-corrected chi connectivity index (χ3v) is 2.14. The van der Waals surface area contributed by atoms with Gasteiger partial charge in [0.15, 0.2) is 0 Å². The molecular formula is C10H13N2+. The number of fused-ring (bicyclic) bond motifs is 1. The molecule has 1 N–H and O–H groups in total. The molecule has 2 heteroatoms. The van der Waals surface area contributed by atoms with Crippen LogP contribution >= 0.6 is 0 Å². The van der Waals surface area contributed by atoms with Crippen molar-refractivity contribution in [1.29, 1.82) is 0 Å². The van der Waals surface area contributed by atoms with Crippen LogP contribution < -0.4 is 4.52 Å². The third-order valence-electron chi connectivity index (χ3n) is 2.14. The Kier molecular flexibility index (Phi) is 1.61. The van der Waals surface area contributed by atoms with Crippen LogP contribution in [-0.2, 0) is 0 Å². The highest BCUT2D eigenvalue weighted by Gasteiger charge is 2.10. The maximum atomic E-state index is 3.13. The van der Waals surface area contributed by atoms with Crippen molar-refractivity contribution < 1.29 is 4.52 Å². The predicted molar refractivity (Wildman–Crippen MR) is 48.0 cm³/mol. The molecule has 0 bridgehead atoms. The second-order valence-electron chi connectivity index (χ2n) is 3.34. The van der Waals surface area contributed by atoms with Gasteiger partial charge in [-0.25, -0.2) is 0 Å². The minimum atomic E-state index is 0.581. The van der Waals surface area contributed by atoms with Crippen LogP contribution in [0.1, 0.15) is 25.3 Å². The van der Waals surface area contributed by atoms with Gasteiger partial charge in [-0.05, 0) is 12.0 Å². The van der Waals surface area contributed by atoms with Crippen LogP contribution in [0.25, 0.3) is 5.52 Å². The van der Waals surface area contributed by atoms with Gasteiger partial charge in [0.25, 0.3) is 0 Å². The molecule has 2 heterocycles. The standard InChI is InChI=1S/C10H12N2/c1-8(2)9-4-3-7-12-10(9)5-6-11-12/h3-8H,1-2H3/p+1. The molecule has 0 atom stereocenters. The topological polar surface area (TPSA) is 19.9 Å². The van der Waals surface area contributed by atoms with Crippen molar-refractivity contribution in [3.05, 3.63) is 36.2 Å². The Labute approximate surface area is 71.8 Å². The summed E-state index contributed by atoms with van der Waals surface area (Å²) in [5.41, 5.74) is 2.66. The lowest BCUT2D eigenvalue weighted by molar-refractivity contribution is -0.577. The first-order valence-corrected chi connectivity index (χ1v) is 4.26. The van der Waals surface area contributed by atoms with E-state index in [1.807, 2.05) is 16.9 Å². The van der Waals surface area contributed by atoms with E-state index in [-0.39, 0.29) is 0 Å². The number of rotatable bonds is 1. The summed E-state index contributed by atoms with van der Waals surface area (Å²) in [6.45, 7) is 4.42. The van der Waals surface area contributed by atoms with Gasteiger partial charge in [0.1, 0.15) is 0 Å². The summed E-state index contributed by atoms with van der Waals surface area (Å²) in [5.74, 6) is 0.581. The lowest BCUT2D eigenvalue weighted by Gasteiger charge is -2.00. The normalized spacial score (nSPS) is 11.2. The molecular weight excluding hydrogens is 148 g/mol. The molecule has 0 aliphatic heterocycles. The van der Waals surface area contributed by atoms with E-state index in [1.165, 1.54) is 11.1 Å². The first-order chi connectivity index (χ1) is 5.79. The SMILES string of the molecule is CC(C)c1ccc[n+]2[nH]ccc12. The number of pyridine rings is 1. The summed E-state index contributed by atoms with van der Waals surface area (Å²) < 4.78 is 2.04. The fourth-order valence-corrected chi connectivity index (χ4v) is 1.51. The summed E-state index contributed by atoms with van der Waals surface area (Å²) in [7, 11) is 0. The largest absolute Gasteiger partial charge is 0.240 e. The van der Waals surface area contributed by atoms with Gasteiger partial charge in [0.2, 0.25) is 11.7 Å². The van der Waals surface area contributed by atoms with Gasteiger partial charge in [-0.3, -0.25) is 0 Å². The second-order valence-corrected chi connectivity index (χ2v) is 3.34. The number of hydrogen-bond donors (Lipinski definition) is 1. The zero-order chi connectivity index (χ0) is 8.55. The van der Waals surface area contributed by atoms with Crippen molar-refractivity contribution in [2.24, 2.45) is 0 Å². The molecule has 0 aliphatic rings. The highest BCUT2D eigenvalue weighted by atomic mass is 15.2. The molecule has 0 unspecified atom stereocenters. The van der Waals surface area contributed by atoms with Gasteiger partial charge in [0, 0.05) is 17.7 Å². The second kappa shape index (κ2) is 2.63. The molecule has 62 valence electrons. The number of nitrogens with zero attached hydrogens (tertiary/aromatic N) is 1. The van der Waals surface area contributed by atoms with E-state index in [4.69, 9.17) is 0 Å². The molecule has 0 spiro atoms. The minimum Gasteiger partial charge on any atom is -0.167 e. The molecule has 2 nitrogen and oxygen atoms in total. The third kappa shape index (κ3) is 0.998. The average Bonchev–Trinajstić information content (AvgIpc) is 2.49. The van der Waals surface area contributed by atoms with E-state index in [1.54, 1.807) is 0 Å². The molecule has 2 rings (SSSR count). The lowest BCUT2D eigenvalue weighted by atomic mass is 10.0. The number of H-pyrrole nitrogens is 1. The Morgan fingerprint density at radius 2 is 2.17 bits per heavy atom. The zero-order valence-corrected chi connectivity index (χ0v) is 7.41. The van der Waals surface area contributed by atoms with Crippen molar-refractivity contribution >= 4 is 5.52 Å². The summed E-state index contributed by atoms with van der Waals surface area (Å²) in [6.07, 6.45) is 3.99. The van der Waals surface area contributed by atoms with Gasteiger partial charge >= 0.3 is 0 Å². The van der Waals surface area contributed by atoms with Gasteiger partial charge in [-0.2, -0.15) is 5.10 Å². The molecule has 12 heavy (non-hydrogen) atoms. The van der Waals surface area contributed by atoms with E-state index in [2.05, 4.69) is 37.1 Å². The Bertz CT molecular complexity index is 387. The van der Waals surface area contributed by atoms with Gasteiger partial charge < -0.3 is 0 Å². The zero-order valence-electron chi connectivity index (χ0n) is 7.41. The van der Waals surface area contributed by atoms with Crippen LogP contribution in [0, 0.1) is 0 Å². The molecule has 0 saturated heterocycles. The first kappa shape index (κ1) is 7.35. The van der Waals surface area contributed by atoms with Gasteiger partial charge in [0.05, 0.1) is 6.20 Å². The Morgan fingerprint density at radius 3 is 2.92 bits per heavy atom. The van der Waals surface area contributed by atoms with Crippen molar-refractivity contribution in [2.45, 2.75) is 19.8 Å². The van der Waals surface area contributed by atoms with Crippen molar-refractivity contribution in [1.82, 2.24) is 5.10 Å². The van der Waals surface area contributed by atoms with E-state index in [0.29, 0.717) is 5.92 Å². The molecule has 2 aromatic rings. The Morgan fingerprint density at radius 1 is 1.33 bits per heavy atom. The fourth-order valence-electron chi connectivity index (χ4n) is 1.51. The molecule has 0 radical (unpaired) electrons. The lowest BCUT2D eigenvalue weighted by Crippen LogP contribution is -2.22. The van der Waals surface area contributed by atoms with Crippen LogP contribution in [0.2, 0.25) is 0 Å². The molecule has 0 fully saturated rings. The fraction of sp³-hybridized carbons (Fsp3) is 0.300. The van der Waals surface area contributed by atoms with Gasteiger partial charge in [-0.1, -0.05) is 18.4 Å². The van der Waals surface area contributed by atoms with Crippen molar-refractivity contribution in [2.75, 3.05) is 0 Å². The van der Waals surface area contributed by atoms with Crippen LogP contribution in [0.3, 0.4) is 0 Å². The van der Waals surface area contributed by atoms with Crippen LogP contribution in [0.15, 0.2) is 30.6 Å². The van der Waals surface area contributed by atoms with E-state index < -0.39 is 0 Å². The maximum Gasteiger partial charge on any atom is 0.240 e. The van der Waals surface area contributed by atoms with Crippen LogP contribution in [0.4, 0.5) is 0 Å². The van der Waals surface area contributed by atoms with E-state index in [0.717, 1.165) is 0 Å². The summed E-state index contributed by atoms with van der Waals surface area (Å²) in [4.78, 5) is 0. The molecule has 2 aromatic heterocycles. The van der Waals surface area contributed by atoms with Gasteiger partial charge in [-0.15, -0.1) is 0 Å². The molecule has 0 aromatic carbocycles. The number of hydrogen-bond acceptors (Lipinski definition) is 0. The summed E-state index contributed by atoms with van der Waals surface area (Å²) in [6, 6.07) is 6.35. The molecule has 0 aliphatic carbocycles. The van der Waals surface area contributed by atoms with Crippen LogP contribution in [-0.4, -0.2) is 5.10 Å². The first-order valence-electron chi connectivity index (χ1n) is 4.26. The summed E-state index contributed by atoms with van der Waals surface area (Å²) in [5, 5.41) is 3.13. The molecule has 0 amide bonds. The number of nitrogens with one attached hydrogen (secondary N) is 1. The number of aromatic amines is 1. The van der Waals surface area contributed by atoms with Crippen molar-refractivity contribution in [3.8, 4) is 0 Å². The van der Waals surface area contributed by atoms with E-state index in [9.17, 15) is 0 Å². The predicted octanol–water partition coefficient (Wildman–Crippen LogP) is 1.88. The monoisotopic (exact) mass is 161 g/mol. The van der Waals surface area contributed by atoms with E-state index >= 15 is 0 Å². The Hall–Kier alpha value is -1.31. The minimum absolute atomic E-state index is 0.581. The van der Waals surface area contributed by atoms with Crippen molar-refractivity contribution in [3.63, 3.8) is 0 Å². The smallest absolute Gasteiger partial charge is 0.167 e. The highest BCUT2D eigenvalue weighted by Crippen LogP contribution is 2.16. The maximum absolute atomic E-state index is 3.13. The quantitative estimate of drug-likeness (QED) is 0.616. The highest BCUT2D eigenvalue weighted by molar-refractivity contribution is 5.48.